The summed E-state index contributed by atoms with van der Waals surface area (Å²) in [6.07, 6.45) is 0. The van der Waals surface area contributed by atoms with Crippen molar-refractivity contribution in [2.45, 2.75) is 0 Å². The van der Waals surface area contributed by atoms with E-state index < -0.39 is 7.82 Å². The number of halogens is 1. The molecule has 0 aromatic carbocycles. The average molecular weight is 238 g/mol. The maximum atomic E-state index is 8.55. The second kappa shape index (κ2) is 23.9. The molecule has 0 aromatic heterocycles. The number of phosphoric acid groups is 1. The molecule has 0 radical (unpaired) electrons. The molecule has 0 aromatic rings. The van der Waals surface area contributed by atoms with Gasteiger partial charge in [-0.15, -0.1) is 0 Å². The van der Waals surface area contributed by atoms with Crippen molar-refractivity contribution < 1.29 is 142 Å². The van der Waals surface area contributed by atoms with Crippen LogP contribution in [0.15, 0.2) is 0 Å². The summed E-state index contributed by atoms with van der Waals surface area (Å²) in [5, 5.41) is 0. The first-order chi connectivity index (χ1) is 3.00. The van der Waals surface area contributed by atoms with Crippen molar-refractivity contribution in [3.05, 3.63) is 0 Å². The van der Waals surface area contributed by atoms with E-state index in [-0.39, 0.29) is 118 Å². The van der Waals surface area contributed by atoms with Gasteiger partial charge in [0.25, 0.3) is 0 Å². The molecule has 0 atom stereocenters. The van der Waals surface area contributed by atoms with E-state index in [1.54, 1.807) is 0 Å². The van der Waals surface area contributed by atoms with Crippen molar-refractivity contribution in [1.29, 1.82) is 0 Å². The van der Waals surface area contributed by atoms with Crippen molar-refractivity contribution >= 4 is 19.7 Å². The maximum Gasteiger partial charge on any atom is 1.00 e. The number of hydrogen-bond acceptors (Lipinski definition) is 5. The molecule has 0 unspecified atom stereocenters. The Labute approximate surface area is 158 Å². The summed E-state index contributed by atoms with van der Waals surface area (Å²) in [6, 6.07) is 0. The van der Waals surface area contributed by atoms with Crippen LogP contribution in [0.25, 0.3) is 0 Å². The van der Waals surface area contributed by atoms with E-state index in [0.717, 1.165) is 0 Å². The fourth-order valence-electron chi connectivity index (χ4n) is 0. The predicted molar refractivity (Wildman–Crippen MR) is 13.5 cm³/mol. The summed E-state index contributed by atoms with van der Waals surface area (Å²) < 4.78 is 16.3. The molecule has 0 heterocycles. The summed E-state index contributed by atoms with van der Waals surface area (Å²) in [5.74, 6) is 0. The van der Waals surface area contributed by atoms with Crippen LogP contribution in [0.3, 0.4) is 0 Å². The molecule has 11 heteroatoms. The van der Waals surface area contributed by atoms with Crippen LogP contribution >= 0.6 is 19.7 Å². The van der Waals surface area contributed by atoms with Gasteiger partial charge in [-0.25, -0.2) is 11.9 Å². The molecule has 5 nitrogen and oxygen atoms in total. The minimum atomic E-state index is -5.39. The molecule has 0 saturated carbocycles. The van der Waals surface area contributed by atoms with E-state index >= 15 is 0 Å². The molecule has 0 saturated heterocycles. The van der Waals surface area contributed by atoms with Crippen LogP contribution in [-0.2, 0) is 4.57 Å². The van der Waals surface area contributed by atoms with Crippen molar-refractivity contribution in [3.63, 3.8) is 0 Å². The quantitative estimate of drug-likeness (QED) is 0.307. The number of rotatable bonds is 0. The molecule has 0 aliphatic rings. The zero-order chi connectivity index (χ0) is 6.50. The topological polar surface area (TPSA) is 109 Å². The monoisotopic (exact) mass is 238 g/mol. The van der Waals surface area contributed by atoms with Gasteiger partial charge >= 0.3 is 118 Å². The van der Waals surface area contributed by atoms with Gasteiger partial charge in [0, 0.05) is 0 Å². The molecule has 0 aliphatic carbocycles. The van der Waals surface area contributed by atoms with Crippen LogP contribution in [0.4, 0.5) is 0 Å². The van der Waals surface area contributed by atoms with Gasteiger partial charge in [0.2, 0.25) is 0 Å². The van der Waals surface area contributed by atoms with E-state index in [1.165, 1.54) is 0 Å². The zero-order valence-corrected chi connectivity index (χ0v) is 16.5. The molecule has 0 N–H and O–H groups in total. The second-order valence-corrected chi connectivity index (χ2v) is 1.34. The molecule has 0 fully saturated rings. The van der Waals surface area contributed by atoms with Gasteiger partial charge in [-0.05, 0) is 0 Å². The SMILES string of the molecule is O=P([O-])([O-])[O-].[Na+].[Na+].[Na+].[Na+].[O-]Cl. The maximum absolute atomic E-state index is 8.55. The smallest absolute Gasteiger partial charge is 0.822 e. The Hall–Kier alpha value is 4.36. The molecule has 0 amide bonds. The first kappa shape index (κ1) is 36.2. The molecule has 0 bridgehead atoms. The largest absolute Gasteiger partial charge is 1.00 e. The Kier molecular flexibility index (Phi) is 78.5. The van der Waals surface area contributed by atoms with Crippen molar-refractivity contribution in [1.82, 2.24) is 0 Å². The minimum absolute atomic E-state index is 0. The van der Waals surface area contributed by atoms with Crippen LogP contribution < -0.4 is 138 Å². The first-order valence-electron chi connectivity index (χ1n) is 0.885. The molecule has 0 aliphatic heterocycles. The van der Waals surface area contributed by atoms with Crippen LogP contribution in [0, 0.1) is 0 Å². The van der Waals surface area contributed by atoms with E-state index in [9.17, 15) is 0 Å². The van der Waals surface area contributed by atoms with Gasteiger partial charge in [0.05, 0.1) is 0 Å². The van der Waals surface area contributed by atoms with E-state index in [4.69, 9.17) is 23.9 Å². The van der Waals surface area contributed by atoms with Crippen LogP contribution in [0.1, 0.15) is 0 Å². The Balaban J connectivity index is -0.00000000972. The molecule has 11 heavy (non-hydrogen) atoms. The van der Waals surface area contributed by atoms with Crippen molar-refractivity contribution in [2.24, 2.45) is 0 Å². The summed E-state index contributed by atoms with van der Waals surface area (Å²) in [7, 11) is -5.39. The fourth-order valence-corrected chi connectivity index (χ4v) is 0. The van der Waals surface area contributed by atoms with Gasteiger partial charge in [-0.3, -0.25) is 0 Å². The summed E-state index contributed by atoms with van der Waals surface area (Å²) in [5.41, 5.74) is 0. The minimum Gasteiger partial charge on any atom is -0.822 e. The summed E-state index contributed by atoms with van der Waals surface area (Å²) >= 11 is 3.39. The fraction of sp³-hybridized carbons (Fsp3) is 0. The van der Waals surface area contributed by atoms with Crippen LogP contribution in [-0.4, -0.2) is 0 Å². The van der Waals surface area contributed by atoms with Gasteiger partial charge in [0.15, 0.2) is 0 Å². The van der Waals surface area contributed by atoms with Crippen molar-refractivity contribution in [3.8, 4) is 0 Å². The second-order valence-electron chi connectivity index (χ2n) is 0.447. The van der Waals surface area contributed by atoms with Gasteiger partial charge < -0.3 is 23.9 Å². The summed E-state index contributed by atoms with van der Waals surface area (Å²) in [6.45, 7) is 0. The van der Waals surface area contributed by atoms with Crippen molar-refractivity contribution in [2.75, 3.05) is 0 Å². The standard InChI is InChI=1S/ClO.4Na.H3O4P/c1-2;;;;;1-5(2,3)4/h;;;;;(H3,1,2,3,4)/q-1;4*+1;/p-3. The molecule has 46 valence electrons. The van der Waals surface area contributed by atoms with E-state index in [1.807, 2.05) is 0 Å². The summed E-state index contributed by atoms with van der Waals surface area (Å²) in [4.78, 5) is 25.6. The van der Waals surface area contributed by atoms with E-state index in [2.05, 4.69) is 11.9 Å². The van der Waals surface area contributed by atoms with Gasteiger partial charge in [-0.1, -0.05) is 0 Å². The first-order valence-corrected chi connectivity index (χ1v) is 2.65. The van der Waals surface area contributed by atoms with Gasteiger partial charge in [0.1, 0.15) is 0 Å². The molecule has 0 spiro atoms. The van der Waals surface area contributed by atoms with Crippen LogP contribution in [0.5, 0.6) is 0 Å². The normalized spacial score (nSPS) is 5.91. The van der Waals surface area contributed by atoms with Gasteiger partial charge in [-0.2, -0.15) is 7.82 Å². The van der Waals surface area contributed by atoms with Crippen LogP contribution in [0.2, 0.25) is 0 Å². The third kappa shape index (κ3) is 115. The molecular formula is ClNa4O5P. The Bertz CT molecular complexity index is 64.6. The average Bonchev–Trinajstić information content (AvgIpc) is 1.36. The zero-order valence-electron chi connectivity index (χ0n) is 6.87. The predicted octanol–water partition coefficient (Wildman–Crippen LogP) is -15.3. The Morgan fingerprint density at radius 3 is 0.818 bits per heavy atom. The third-order valence-corrected chi connectivity index (χ3v) is 0. The van der Waals surface area contributed by atoms with E-state index in [0.29, 0.717) is 0 Å². The molecule has 0 rings (SSSR count). The molecular weight excluding hydrogens is 238 g/mol. The Morgan fingerprint density at radius 2 is 0.818 bits per heavy atom. The Morgan fingerprint density at radius 1 is 0.818 bits per heavy atom. The number of hydrogen-bond donors (Lipinski definition) is 0. The third-order valence-electron chi connectivity index (χ3n) is 0.